The summed E-state index contributed by atoms with van der Waals surface area (Å²) >= 11 is 0. The summed E-state index contributed by atoms with van der Waals surface area (Å²) in [5, 5.41) is 11.1. The van der Waals surface area contributed by atoms with Crippen LogP contribution in [0.3, 0.4) is 0 Å². The fourth-order valence-corrected chi connectivity index (χ4v) is 7.05. The van der Waals surface area contributed by atoms with E-state index in [1.807, 2.05) is 48.7 Å². The summed E-state index contributed by atoms with van der Waals surface area (Å²) in [5.41, 5.74) is 13.8. The van der Waals surface area contributed by atoms with Gasteiger partial charge in [-0.2, -0.15) is 0 Å². The van der Waals surface area contributed by atoms with E-state index < -0.39 is 0 Å². The van der Waals surface area contributed by atoms with E-state index in [-0.39, 0.29) is 26.8 Å². The molecule has 0 aliphatic rings. The Bertz CT molecular complexity index is 2690. The third kappa shape index (κ3) is 6.92. The summed E-state index contributed by atoms with van der Waals surface area (Å²) in [6, 6.07) is 65.9. The molecule has 7 aromatic carbocycles. The molecule has 2 heterocycles. The first-order valence-electron chi connectivity index (χ1n) is 17.8. The van der Waals surface area contributed by atoms with E-state index in [2.05, 4.69) is 144 Å². The van der Waals surface area contributed by atoms with Gasteiger partial charge in [-0.25, -0.2) is 4.98 Å². The van der Waals surface area contributed by atoms with Crippen LogP contribution < -0.4 is 0 Å². The number of aromatic hydroxyl groups is 1. The number of para-hydroxylation sites is 2. The molecule has 0 saturated heterocycles. The van der Waals surface area contributed by atoms with Crippen LogP contribution >= 0.6 is 0 Å². The number of phenolic OH excluding ortho intramolecular Hbond substituents is 1. The normalized spacial score (nSPS) is 11.0. The predicted molar refractivity (Wildman–Crippen MR) is 216 cm³/mol. The summed E-state index contributed by atoms with van der Waals surface area (Å²) in [4.78, 5) is 10.1. The topological polar surface area (TPSA) is 50.9 Å². The number of benzene rings is 7. The van der Waals surface area contributed by atoms with Crippen LogP contribution in [0.2, 0.25) is 0 Å². The van der Waals surface area contributed by atoms with Crippen molar-refractivity contribution in [2.45, 2.75) is 6.42 Å². The molecular formula is C49H34N3OPt-. The molecule has 9 aromatic rings. The van der Waals surface area contributed by atoms with Crippen molar-refractivity contribution in [2.24, 2.45) is 0 Å². The smallest absolute Gasteiger partial charge is 0.148 e. The molecule has 0 unspecified atom stereocenters. The van der Waals surface area contributed by atoms with Gasteiger partial charge in [0.2, 0.25) is 0 Å². The molecule has 0 bridgehead atoms. The van der Waals surface area contributed by atoms with Gasteiger partial charge in [0, 0.05) is 38.6 Å². The summed E-state index contributed by atoms with van der Waals surface area (Å²) in [6.07, 6.45) is 2.72. The maximum absolute atomic E-state index is 11.1. The summed E-state index contributed by atoms with van der Waals surface area (Å²) in [5.74, 6) is 0.841. The van der Waals surface area contributed by atoms with Crippen LogP contribution in [0, 0.1) is 6.07 Å². The molecular weight excluding hydrogens is 842 g/mol. The van der Waals surface area contributed by atoms with E-state index in [4.69, 9.17) is 9.97 Å². The van der Waals surface area contributed by atoms with Gasteiger partial charge in [-0.1, -0.05) is 150 Å². The van der Waals surface area contributed by atoms with Gasteiger partial charge >= 0.3 is 0 Å². The minimum absolute atomic E-state index is 0. The molecule has 0 aliphatic carbocycles. The standard InChI is InChI=1S/C49H34N3O.Pt/c53-47-22-11-10-19-44(47)49-51-48-43(20-12-21-46(48)52(49)42-25-23-35(24-26-42)29-34-13-4-1-5-14-34)40-30-39(37-17-8-3-9-18-37)31-41(32-40)45-33-38(27-28-50-45)36-15-6-2-7-16-36;/h1-28,30-31,33,53H,29H2;/q-1;. The first kappa shape index (κ1) is 34.7. The Balaban J connectivity index is 0.00000413. The maximum atomic E-state index is 11.1. The Kier molecular flexibility index (Phi) is 9.85. The Morgan fingerprint density at radius 3 is 1.85 bits per heavy atom. The maximum Gasteiger partial charge on any atom is 0.148 e. The summed E-state index contributed by atoms with van der Waals surface area (Å²) in [7, 11) is 0. The third-order valence-corrected chi connectivity index (χ3v) is 9.69. The van der Waals surface area contributed by atoms with Crippen LogP contribution in [0.5, 0.6) is 5.75 Å². The molecule has 0 aliphatic heterocycles. The molecule has 0 spiro atoms. The van der Waals surface area contributed by atoms with Gasteiger partial charge < -0.3 is 5.11 Å². The zero-order chi connectivity index (χ0) is 35.6. The molecule has 0 saturated carbocycles. The van der Waals surface area contributed by atoms with E-state index in [1.54, 1.807) is 6.07 Å². The predicted octanol–water partition coefficient (Wildman–Crippen LogP) is 11.8. The van der Waals surface area contributed by atoms with Crippen LogP contribution in [0.4, 0.5) is 0 Å². The van der Waals surface area contributed by atoms with Crippen LogP contribution in [0.25, 0.3) is 72.7 Å². The van der Waals surface area contributed by atoms with Crippen LogP contribution in [-0.2, 0) is 27.5 Å². The number of phenols is 1. The van der Waals surface area contributed by atoms with Gasteiger partial charge in [-0.3, -0.25) is 9.55 Å². The Labute approximate surface area is 329 Å². The van der Waals surface area contributed by atoms with E-state index in [0.717, 1.165) is 67.8 Å². The second kappa shape index (κ2) is 15.3. The van der Waals surface area contributed by atoms with Gasteiger partial charge in [0.15, 0.2) is 0 Å². The molecule has 5 heteroatoms. The molecule has 0 fully saturated rings. The Morgan fingerprint density at radius 1 is 0.519 bits per heavy atom. The van der Waals surface area contributed by atoms with Crippen molar-refractivity contribution >= 4 is 11.0 Å². The van der Waals surface area contributed by atoms with Crippen molar-refractivity contribution in [3.05, 3.63) is 205 Å². The van der Waals surface area contributed by atoms with Crippen LogP contribution in [0.15, 0.2) is 188 Å². The van der Waals surface area contributed by atoms with Gasteiger partial charge in [0.25, 0.3) is 0 Å². The monoisotopic (exact) mass is 875 g/mol. The molecule has 4 nitrogen and oxygen atoms in total. The third-order valence-electron chi connectivity index (χ3n) is 9.69. The fourth-order valence-electron chi connectivity index (χ4n) is 7.05. The van der Waals surface area contributed by atoms with Crippen LogP contribution in [0.1, 0.15) is 11.1 Å². The molecule has 0 radical (unpaired) electrons. The second-order valence-electron chi connectivity index (χ2n) is 13.1. The number of imidazole rings is 1. The minimum atomic E-state index is 0. The molecule has 262 valence electrons. The molecule has 1 N–H and O–H groups in total. The van der Waals surface area contributed by atoms with Crippen molar-refractivity contribution < 1.29 is 26.2 Å². The number of pyridine rings is 1. The number of hydrogen-bond donors (Lipinski definition) is 1. The van der Waals surface area contributed by atoms with Gasteiger partial charge in [0.05, 0.1) is 16.6 Å². The Morgan fingerprint density at radius 2 is 1.13 bits per heavy atom. The van der Waals surface area contributed by atoms with Gasteiger partial charge in [-0.15, -0.1) is 23.8 Å². The molecule has 2 aromatic heterocycles. The van der Waals surface area contributed by atoms with Gasteiger partial charge in [0.1, 0.15) is 11.6 Å². The quantitative estimate of drug-likeness (QED) is 0.155. The van der Waals surface area contributed by atoms with Crippen molar-refractivity contribution in [3.8, 4) is 67.5 Å². The van der Waals surface area contributed by atoms with Crippen molar-refractivity contribution in [1.82, 2.24) is 14.5 Å². The zero-order valence-electron chi connectivity index (χ0n) is 29.2. The molecule has 54 heavy (non-hydrogen) atoms. The number of aromatic nitrogens is 3. The number of rotatable bonds is 8. The van der Waals surface area contributed by atoms with Crippen molar-refractivity contribution in [1.29, 1.82) is 0 Å². The van der Waals surface area contributed by atoms with Crippen LogP contribution in [-0.4, -0.2) is 19.6 Å². The van der Waals surface area contributed by atoms with E-state index in [0.29, 0.717) is 11.4 Å². The number of fused-ring (bicyclic) bond motifs is 1. The average Bonchev–Trinajstić information content (AvgIpc) is 3.62. The van der Waals surface area contributed by atoms with Gasteiger partial charge in [-0.05, 0) is 70.6 Å². The molecule has 0 atom stereocenters. The van der Waals surface area contributed by atoms with Crippen molar-refractivity contribution in [3.63, 3.8) is 0 Å². The largest absolute Gasteiger partial charge is 0.507 e. The second-order valence-corrected chi connectivity index (χ2v) is 13.1. The average molecular weight is 876 g/mol. The molecule has 0 amide bonds. The molecule has 9 rings (SSSR count). The summed E-state index contributed by atoms with van der Waals surface area (Å²) < 4.78 is 2.15. The number of hydrogen-bond acceptors (Lipinski definition) is 3. The van der Waals surface area contributed by atoms with E-state index in [1.165, 1.54) is 11.1 Å². The van der Waals surface area contributed by atoms with Crippen molar-refractivity contribution in [2.75, 3.05) is 0 Å². The minimum Gasteiger partial charge on any atom is -0.507 e. The summed E-state index contributed by atoms with van der Waals surface area (Å²) in [6.45, 7) is 0. The first-order chi connectivity index (χ1) is 26.2. The fraction of sp³-hybridized carbons (Fsp3) is 0.0204. The Hall–Kier alpha value is -6.35. The van der Waals surface area contributed by atoms with E-state index in [9.17, 15) is 5.11 Å². The number of nitrogens with zero attached hydrogens (tertiary/aromatic N) is 3. The SMILES string of the molecule is Oc1ccccc1-c1nc2c(-c3[c-]c(-c4cc(-c5ccccc5)ccn4)cc(-c4ccccc4)c3)cccc2n1-c1ccc(Cc2ccccc2)cc1.[Pt]. The van der Waals surface area contributed by atoms with E-state index >= 15 is 0 Å². The zero-order valence-corrected chi connectivity index (χ0v) is 31.5. The first-order valence-corrected chi connectivity index (χ1v) is 17.8.